The number of ether oxygens (including phenoxy) is 2. The molecule has 0 saturated carbocycles. The second-order valence-electron chi connectivity index (χ2n) is 6.98. The van der Waals surface area contributed by atoms with Crippen molar-refractivity contribution in [1.29, 1.82) is 0 Å². The number of nitrogens with two attached hydrogens (primary N) is 1. The summed E-state index contributed by atoms with van der Waals surface area (Å²) in [5.74, 6) is 0.887. The highest BCUT2D eigenvalue weighted by molar-refractivity contribution is 5.39. The number of rotatable bonds is 11. The van der Waals surface area contributed by atoms with Crippen LogP contribution in [0.3, 0.4) is 0 Å². The molecule has 5 heteroatoms. The summed E-state index contributed by atoms with van der Waals surface area (Å²) in [4.78, 5) is 4.14. The molecule has 1 atom stereocenters. The molecule has 0 aliphatic carbocycles. The van der Waals surface area contributed by atoms with Gasteiger partial charge in [-0.25, -0.2) is 4.98 Å². The van der Waals surface area contributed by atoms with Gasteiger partial charge in [0.25, 0.3) is 0 Å². The molecular formula is C23H29N3O2. The molecule has 0 amide bonds. The van der Waals surface area contributed by atoms with Crippen molar-refractivity contribution in [3.8, 4) is 5.75 Å². The van der Waals surface area contributed by atoms with E-state index in [1.165, 1.54) is 11.1 Å². The van der Waals surface area contributed by atoms with E-state index in [2.05, 4.69) is 33.8 Å². The Morgan fingerprint density at radius 3 is 2.39 bits per heavy atom. The molecule has 148 valence electrons. The Morgan fingerprint density at radius 1 is 1.00 bits per heavy atom. The maximum atomic E-state index is 6.23. The molecule has 0 aliphatic heterocycles. The quantitative estimate of drug-likeness (QED) is 0.402. The molecule has 1 heterocycles. The van der Waals surface area contributed by atoms with Crippen molar-refractivity contribution < 1.29 is 9.47 Å². The van der Waals surface area contributed by atoms with Gasteiger partial charge in [0.15, 0.2) is 0 Å². The monoisotopic (exact) mass is 379 g/mol. The number of anilines is 1. The standard InChI is InChI=1S/C23H29N3O2/c1-27-22-11-6-20(7-12-22)8-13-23(17-26-15-14-25-18-26)28-16-2-3-19-4-9-21(24)10-5-19/h4-7,9-12,14-15,18,23H,2-3,8,13,16-17,24H2,1H3. The van der Waals surface area contributed by atoms with Gasteiger partial charge in [-0.15, -0.1) is 0 Å². The summed E-state index contributed by atoms with van der Waals surface area (Å²) in [6.45, 7) is 1.56. The molecule has 28 heavy (non-hydrogen) atoms. The highest BCUT2D eigenvalue weighted by atomic mass is 16.5. The lowest BCUT2D eigenvalue weighted by molar-refractivity contribution is 0.0346. The summed E-state index contributed by atoms with van der Waals surface area (Å²) < 4.78 is 13.5. The first-order valence-corrected chi connectivity index (χ1v) is 9.77. The van der Waals surface area contributed by atoms with Crippen LogP contribution in [0.2, 0.25) is 0 Å². The second kappa shape index (κ2) is 10.5. The molecule has 1 aromatic heterocycles. The fourth-order valence-electron chi connectivity index (χ4n) is 3.19. The van der Waals surface area contributed by atoms with Gasteiger partial charge in [0.1, 0.15) is 5.75 Å². The SMILES string of the molecule is COc1ccc(CCC(Cn2ccnc2)OCCCc2ccc(N)cc2)cc1. The number of nitrogens with zero attached hydrogens (tertiary/aromatic N) is 2. The van der Waals surface area contributed by atoms with E-state index >= 15 is 0 Å². The number of hydrogen-bond donors (Lipinski definition) is 1. The minimum Gasteiger partial charge on any atom is -0.497 e. The molecule has 0 spiro atoms. The molecule has 2 N–H and O–H groups in total. The highest BCUT2D eigenvalue weighted by Crippen LogP contribution is 2.15. The van der Waals surface area contributed by atoms with Gasteiger partial charge in [-0.05, 0) is 61.1 Å². The van der Waals surface area contributed by atoms with E-state index in [9.17, 15) is 0 Å². The van der Waals surface area contributed by atoms with Crippen LogP contribution < -0.4 is 10.5 Å². The molecule has 0 bridgehead atoms. The molecule has 0 fully saturated rings. The molecule has 0 saturated heterocycles. The number of methoxy groups -OCH3 is 1. The Morgan fingerprint density at radius 2 is 1.71 bits per heavy atom. The molecular weight excluding hydrogens is 350 g/mol. The third-order valence-corrected chi connectivity index (χ3v) is 4.83. The predicted molar refractivity (Wildman–Crippen MR) is 112 cm³/mol. The van der Waals surface area contributed by atoms with Gasteiger partial charge in [0, 0.05) is 31.2 Å². The van der Waals surface area contributed by atoms with Crippen LogP contribution in [0.5, 0.6) is 5.75 Å². The fraction of sp³-hybridized carbons (Fsp3) is 0.348. The normalized spacial score (nSPS) is 12.0. The minimum atomic E-state index is 0.155. The zero-order valence-corrected chi connectivity index (χ0v) is 16.5. The average molecular weight is 380 g/mol. The van der Waals surface area contributed by atoms with Crippen molar-refractivity contribution in [2.75, 3.05) is 19.5 Å². The smallest absolute Gasteiger partial charge is 0.118 e. The topological polar surface area (TPSA) is 62.3 Å². The number of nitrogen functional groups attached to an aromatic ring is 1. The van der Waals surface area contributed by atoms with Crippen molar-refractivity contribution in [2.24, 2.45) is 0 Å². The molecule has 3 rings (SSSR count). The number of hydrogen-bond acceptors (Lipinski definition) is 4. The first kappa shape index (κ1) is 20.0. The van der Waals surface area contributed by atoms with E-state index < -0.39 is 0 Å². The van der Waals surface area contributed by atoms with Crippen LogP contribution in [0.25, 0.3) is 0 Å². The van der Waals surface area contributed by atoms with Crippen LogP contribution in [-0.2, 0) is 24.1 Å². The minimum absolute atomic E-state index is 0.155. The number of aryl methyl sites for hydroxylation is 2. The van der Waals surface area contributed by atoms with Crippen molar-refractivity contribution >= 4 is 5.69 Å². The second-order valence-corrected chi connectivity index (χ2v) is 6.98. The van der Waals surface area contributed by atoms with Crippen molar-refractivity contribution in [2.45, 2.75) is 38.3 Å². The molecule has 1 unspecified atom stereocenters. The molecule has 0 aliphatic rings. The first-order valence-electron chi connectivity index (χ1n) is 9.77. The van der Waals surface area contributed by atoms with Crippen LogP contribution in [0.4, 0.5) is 5.69 Å². The Kier molecular flexibility index (Phi) is 7.50. The summed E-state index contributed by atoms with van der Waals surface area (Å²) in [7, 11) is 1.69. The van der Waals surface area contributed by atoms with Gasteiger partial charge in [-0.2, -0.15) is 0 Å². The van der Waals surface area contributed by atoms with Crippen LogP contribution in [0, 0.1) is 0 Å². The summed E-state index contributed by atoms with van der Waals surface area (Å²) in [6, 6.07) is 16.3. The zero-order chi connectivity index (χ0) is 19.6. The van der Waals surface area contributed by atoms with Crippen molar-refractivity contribution in [3.05, 3.63) is 78.4 Å². The average Bonchev–Trinajstić information content (AvgIpc) is 3.24. The summed E-state index contributed by atoms with van der Waals surface area (Å²) in [6.07, 6.45) is 9.72. The van der Waals surface area contributed by atoms with Crippen LogP contribution in [0.15, 0.2) is 67.3 Å². The van der Waals surface area contributed by atoms with Crippen molar-refractivity contribution in [1.82, 2.24) is 9.55 Å². The van der Waals surface area contributed by atoms with Gasteiger partial charge in [0.2, 0.25) is 0 Å². The Bertz CT molecular complexity index is 799. The molecule has 3 aromatic rings. The van der Waals surface area contributed by atoms with E-state index in [1.54, 1.807) is 7.11 Å². The third kappa shape index (κ3) is 6.43. The van der Waals surface area contributed by atoms with E-state index in [1.807, 2.05) is 43.0 Å². The van der Waals surface area contributed by atoms with E-state index in [4.69, 9.17) is 15.2 Å². The van der Waals surface area contributed by atoms with Crippen molar-refractivity contribution in [3.63, 3.8) is 0 Å². The van der Waals surface area contributed by atoms with E-state index in [0.717, 1.165) is 50.3 Å². The summed E-state index contributed by atoms with van der Waals surface area (Å²) >= 11 is 0. The maximum absolute atomic E-state index is 6.23. The number of aromatic nitrogens is 2. The van der Waals surface area contributed by atoms with Gasteiger partial charge >= 0.3 is 0 Å². The summed E-state index contributed by atoms with van der Waals surface area (Å²) in [5.41, 5.74) is 9.14. The Labute approximate surface area is 167 Å². The summed E-state index contributed by atoms with van der Waals surface area (Å²) in [5, 5.41) is 0. The van der Waals surface area contributed by atoms with Gasteiger partial charge in [-0.1, -0.05) is 24.3 Å². The van der Waals surface area contributed by atoms with Gasteiger partial charge < -0.3 is 19.8 Å². The first-order chi connectivity index (χ1) is 13.7. The van der Waals surface area contributed by atoms with E-state index in [-0.39, 0.29) is 6.10 Å². The lowest BCUT2D eigenvalue weighted by atomic mass is 10.1. The lowest BCUT2D eigenvalue weighted by Gasteiger charge is -2.19. The van der Waals surface area contributed by atoms with Crippen LogP contribution in [-0.4, -0.2) is 29.4 Å². The maximum Gasteiger partial charge on any atom is 0.118 e. The molecule has 2 aromatic carbocycles. The predicted octanol–water partition coefficient (Wildman–Crippen LogP) is 4.12. The number of benzene rings is 2. The number of imidazole rings is 1. The van der Waals surface area contributed by atoms with Gasteiger partial charge in [0.05, 0.1) is 19.5 Å². The largest absolute Gasteiger partial charge is 0.497 e. The molecule has 5 nitrogen and oxygen atoms in total. The molecule has 0 radical (unpaired) electrons. The van der Waals surface area contributed by atoms with Crippen LogP contribution in [0.1, 0.15) is 24.0 Å². The van der Waals surface area contributed by atoms with Crippen LogP contribution >= 0.6 is 0 Å². The fourth-order valence-corrected chi connectivity index (χ4v) is 3.19. The van der Waals surface area contributed by atoms with E-state index in [0.29, 0.717) is 0 Å². The Balaban J connectivity index is 1.48. The van der Waals surface area contributed by atoms with Gasteiger partial charge in [-0.3, -0.25) is 0 Å². The highest BCUT2D eigenvalue weighted by Gasteiger charge is 2.11. The zero-order valence-electron chi connectivity index (χ0n) is 16.5. The third-order valence-electron chi connectivity index (χ3n) is 4.83. The lowest BCUT2D eigenvalue weighted by Crippen LogP contribution is -2.21. The Hall–Kier alpha value is -2.79.